The Morgan fingerprint density at radius 2 is 1.80 bits per heavy atom. The van der Waals surface area contributed by atoms with Crippen molar-refractivity contribution in [3.05, 3.63) is 36.9 Å². The van der Waals surface area contributed by atoms with E-state index < -0.39 is 10.8 Å². The van der Waals surface area contributed by atoms with Crippen LogP contribution in [-0.4, -0.2) is 15.1 Å². The Hall–Kier alpha value is -1.09. The highest BCUT2D eigenvalue weighted by Gasteiger charge is 2.21. The number of ether oxygens (including phenoxy) is 1. The molecule has 0 aliphatic heterocycles. The van der Waals surface area contributed by atoms with Crippen LogP contribution in [0.4, 0.5) is 0 Å². The normalized spacial score (nSPS) is 18.5. The molecule has 110 valence electrons. The minimum Gasteiger partial charge on any atom is -0.484 e. The third-order valence-electron chi connectivity index (χ3n) is 3.78. The van der Waals surface area contributed by atoms with Crippen molar-refractivity contribution in [2.45, 2.75) is 61.7 Å². The predicted octanol–water partition coefficient (Wildman–Crippen LogP) is 4.47. The molecule has 2 rings (SSSR count). The SMILES string of the molecule is C=CC(C)(C)Oc1ccc(S(=O)C2CCCCC2)cc1. The molecule has 20 heavy (non-hydrogen) atoms. The van der Waals surface area contributed by atoms with Gasteiger partial charge in [0.1, 0.15) is 11.4 Å². The molecule has 1 unspecified atom stereocenters. The second-order valence-electron chi connectivity index (χ2n) is 5.94. The van der Waals surface area contributed by atoms with Crippen molar-refractivity contribution in [2.75, 3.05) is 0 Å². The topological polar surface area (TPSA) is 26.3 Å². The maximum atomic E-state index is 12.5. The zero-order chi connectivity index (χ0) is 14.6. The van der Waals surface area contributed by atoms with E-state index in [1.54, 1.807) is 6.08 Å². The largest absolute Gasteiger partial charge is 0.484 e. The standard InChI is InChI=1S/C17H24O2S/c1-4-17(2,3)19-14-10-12-16(13-11-14)20(18)15-8-6-5-7-9-15/h4,10-13,15H,1,5-9H2,2-3H3. The van der Waals surface area contributed by atoms with E-state index in [-0.39, 0.29) is 5.60 Å². The van der Waals surface area contributed by atoms with Crippen LogP contribution < -0.4 is 4.74 Å². The molecule has 2 nitrogen and oxygen atoms in total. The molecule has 1 aromatic carbocycles. The van der Waals surface area contributed by atoms with Crippen molar-refractivity contribution in [1.29, 1.82) is 0 Å². The molecule has 0 N–H and O–H groups in total. The molecule has 0 bridgehead atoms. The molecular formula is C17H24O2S. The Morgan fingerprint density at radius 3 is 2.35 bits per heavy atom. The Labute approximate surface area is 124 Å². The van der Waals surface area contributed by atoms with Gasteiger partial charge in [-0.1, -0.05) is 25.8 Å². The van der Waals surface area contributed by atoms with Gasteiger partial charge in [-0.3, -0.25) is 4.21 Å². The smallest absolute Gasteiger partial charge is 0.121 e. The van der Waals surface area contributed by atoms with E-state index in [2.05, 4.69) is 6.58 Å². The van der Waals surface area contributed by atoms with Crippen LogP contribution >= 0.6 is 0 Å². The van der Waals surface area contributed by atoms with Crippen LogP contribution in [0, 0.1) is 0 Å². The summed E-state index contributed by atoms with van der Waals surface area (Å²) in [6, 6.07) is 7.67. The first kappa shape index (κ1) is 15.3. The van der Waals surface area contributed by atoms with Gasteiger partial charge >= 0.3 is 0 Å². The first-order valence-corrected chi connectivity index (χ1v) is 8.56. The Morgan fingerprint density at radius 1 is 1.20 bits per heavy atom. The van der Waals surface area contributed by atoms with Crippen molar-refractivity contribution in [3.8, 4) is 5.75 Å². The highest BCUT2D eigenvalue weighted by molar-refractivity contribution is 7.85. The van der Waals surface area contributed by atoms with Crippen LogP contribution in [-0.2, 0) is 10.8 Å². The molecule has 0 aromatic heterocycles. The number of hydrogen-bond donors (Lipinski definition) is 0. The van der Waals surface area contributed by atoms with Crippen LogP contribution in [0.3, 0.4) is 0 Å². The Kier molecular flexibility index (Phi) is 5.03. The fraction of sp³-hybridized carbons (Fsp3) is 0.529. The molecular weight excluding hydrogens is 268 g/mol. The summed E-state index contributed by atoms with van der Waals surface area (Å²) in [5.74, 6) is 0.791. The maximum Gasteiger partial charge on any atom is 0.121 e. The van der Waals surface area contributed by atoms with Crippen molar-refractivity contribution in [1.82, 2.24) is 0 Å². The van der Waals surface area contributed by atoms with Crippen molar-refractivity contribution in [3.63, 3.8) is 0 Å². The van der Waals surface area contributed by atoms with E-state index in [1.807, 2.05) is 38.1 Å². The van der Waals surface area contributed by atoms with Gasteiger partial charge < -0.3 is 4.74 Å². The number of hydrogen-bond acceptors (Lipinski definition) is 2. The van der Waals surface area contributed by atoms with Crippen molar-refractivity contribution < 1.29 is 8.95 Å². The molecule has 1 aromatic rings. The molecule has 0 radical (unpaired) electrons. The quantitative estimate of drug-likeness (QED) is 0.748. The van der Waals surface area contributed by atoms with Gasteiger partial charge in [0.05, 0.1) is 10.8 Å². The molecule has 1 atom stereocenters. The summed E-state index contributed by atoms with van der Waals surface area (Å²) in [5, 5.41) is 0.333. The Bertz CT molecular complexity index is 470. The summed E-state index contributed by atoms with van der Waals surface area (Å²) in [7, 11) is -0.879. The van der Waals surface area contributed by atoms with E-state index in [9.17, 15) is 4.21 Å². The Balaban J connectivity index is 2.04. The molecule has 0 heterocycles. The minimum absolute atomic E-state index is 0.333. The van der Waals surface area contributed by atoms with Gasteiger partial charge in [0.2, 0.25) is 0 Å². The fourth-order valence-corrected chi connectivity index (χ4v) is 4.01. The molecule has 0 amide bonds. The van der Waals surface area contributed by atoms with Crippen molar-refractivity contribution >= 4 is 10.8 Å². The molecule has 3 heteroatoms. The molecule has 1 aliphatic rings. The minimum atomic E-state index is -0.879. The summed E-state index contributed by atoms with van der Waals surface area (Å²) < 4.78 is 18.3. The molecule has 0 saturated heterocycles. The lowest BCUT2D eigenvalue weighted by molar-refractivity contribution is 0.162. The second kappa shape index (κ2) is 6.57. The van der Waals surface area contributed by atoms with Gasteiger partial charge in [-0.15, -0.1) is 0 Å². The van der Waals surface area contributed by atoms with Crippen LogP contribution in [0.5, 0.6) is 5.75 Å². The van der Waals surface area contributed by atoms with Crippen LogP contribution in [0.1, 0.15) is 46.0 Å². The summed E-state index contributed by atoms with van der Waals surface area (Å²) in [4.78, 5) is 0.917. The number of benzene rings is 1. The van der Waals surface area contributed by atoms with Gasteiger partial charge in [-0.25, -0.2) is 0 Å². The fourth-order valence-electron chi connectivity index (χ4n) is 2.46. The van der Waals surface area contributed by atoms with Gasteiger partial charge in [-0.05, 0) is 57.0 Å². The highest BCUT2D eigenvalue weighted by atomic mass is 32.2. The molecule has 0 spiro atoms. The van der Waals surface area contributed by atoms with E-state index in [4.69, 9.17) is 4.74 Å². The third kappa shape index (κ3) is 3.95. The van der Waals surface area contributed by atoms with Gasteiger partial charge in [0.15, 0.2) is 0 Å². The average molecular weight is 292 g/mol. The predicted molar refractivity (Wildman–Crippen MR) is 84.6 cm³/mol. The van der Waals surface area contributed by atoms with E-state index in [0.717, 1.165) is 23.5 Å². The van der Waals surface area contributed by atoms with Crippen LogP contribution in [0.25, 0.3) is 0 Å². The third-order valence-corrected chi connectivity index (χ3v) is 5.60. The summed E-state index contributed by atoms with van der Waals surface area (Å²) in [6.07, 6.45) is 7.68. The van der Waals surface area contributed by atoms with Gasteiger partial charge in [0, 0.05) is 10.1 Å². The first-order chi connectivity index (χ1) is 9.52. The zero-order valence-corrected chi connectivity index (χ0v) is 13.2. The molecule has 1 aliphatic carbocycles. The molecule has 1 saturated carbocycles. The van der Waals surface area contributed by atoms with E-state index in [0.29, 0.717) is 5.25 Å². The van der Waals surface area contributed by atoms with E-state index >= 15 is 0 Å². The monoisotopic (exact) mass is 292 g/mol. The summed E-state index contributed by atoms with van der Waals surface area (Å²) in [6.45, 7) is 7.69. The molecule has 1 fully saturated rings. The lowest BCUT2D eigenvalue weighted by Gasteiger charge is -2.23. The lowest BCUT2D eigenvalue weighted by Crippen LogP contribution is -2.24. The van der Waals surface area contributed by atoms with E-state index in [1.165, 1.54) is 19.3 Å². The average Bonchev–Trinajstić information content (AvgIpc) is 2.48. The van der Waals surface area contributed by atoms with Crippen LogP contribution in [0.2, 0.25) is 0 Å². The van der Waals surface area contributed by atoms with Crippen molar-refractivity contribution in [2.24, 2.45) is 0 Å². The second-order valence-corrected chi connectivity index (χ2v) is 7.67. The number of rotatable bonds is 5. The lowest BCUT2D eigenvalue weighted by atomic mass is 10.0. The van der Waals surface area contributed by atoms with Gasteiger partial charge in [0.25, 0.3) is 0 Å². The maximum absolute atomic E-state index is 12.5. The highest BCUT2D eigenvalue weighted by Crippen LogP contribution is 2.27. The zero-order valence-electron chi connectivity index (χ0n) is 12.4. The van der Waals surface area contributed by atoms with Crippen LogP contribution in [0.15, 0.2) is 41.8 Å². The first-order valence-electron chi connectivity index (χ1n) is 7.35. The van der Waals surface area contributed by atoms with Gasteiger partial charge in [-0.2, -0.15) is 0 Å². The summed E-state index contributed by atoms with van der Waals surface area (Å²) >= 11 is 0. The summed E-state index contributed by atoms with van der Waals surface area (Å²) in [5.41, 5.74) is -0.385.